The lowest BCUT2D eigenvalue weighted by Gasteiger charge is -2.34. The van der Waals surface area contributed by atoms with Gasteiger partial charge in [-0.25, -0.2) is 9.78 Å². The van der Waals surface area contributed by atoms with E-state index < -0.39 is 0 Å². The second kappa shape index (κ2) is 8.22. The molecular formula is C22H25ClN6O. The van der Waals surface area contributed by atoms with Gasteiger partial charge in [-0.1, -0.05) is 11.6 Å². The van der Waals surface area contributed by atoms with Crippen molar-refractivity contribution in [2.24, 2.45) is 5.92 Å². The predicted molar refractivity (Wildman–Crippen MR) is 116 cm³/mol. The maximum Gasteiger partial charge on any atom is 0.319 e. The molecule has 5 heterocycles. The van der Waals surface area contributed by atoms with Crippen molar-refractivity contribution in [3.8, 4) is 11.1 Å². The molecule has 0 unspecified atom stereocenters. The molecule has 0 aromatic carbocycles. The highest BCUT2D eigenvalue weighted by molar-refractivity contribution is 6.29. The molecule has 2 fully saturated rings. The molecule has 3 aromatic heterocycles. The largest absolute Gasteiger partial charge is 0.325 e. The number of piperidine rings is 1. The molecule has 5 rings (SSSR count). The number of likely N-dealkylation sites (tertiary alicyclic amines) is 2. The number of rotatable bonds is 3. The third-order valence-corrected chi connectivity index (χ3v) is 6.39. The number of fused-ring (bicyclic) bond motifs is 1. The first-order valence-corrected chi connectivity index (χ1v) is 11.0. The van der Waals surface area contributed by atoms with Gasteiger partial charge in [-0.3, -0.25) is 9.67 Å². The lowest BCUT2D eigenvalue weighted by Crippen LogP contribution is -2.46. The van der Waals surface area contributed by atoms with E-state index in [0.29, 0.717) is 11.1 Å². The first kappa shape index (κ1) is 19.3. The topological polar surface area (TPSA) is 67.2 Å². The highest BCUT2D eigenvalue weighted by atomic mass is 35.5. The molecule has 0 atom stereocenters. The number of carbonyl (C=O) groups is 1. The Kier molecular flexibility index (Phi) is 5.29. The van der Waals surface area contributed by atoms with Gasteiger partial charge in [0.05, 0.1) is 17.2 Å². The summed E-state index contributed by atoms with van der Waals surface area (Å²) < 4.78 is 2.01. The average Bonchev–Trinajstić information content (AvgIpc) is 3.46. The zero-order valence-corrected chi connectivity index (χ0v) is 17.6. The first-order valence-electron chi connectivity index (χ1n) is 10.6. The van der Waals surface area contributed by atoms with E-state index in [1.54, 1.807) is 6.07 Å². The molecule has 2 aliphatic rings. The van der Waals surface area contributed by atoms with E-state index in [1.165, 1.54) is 0 Å². The highest BCUT2D eigenvalue weighted by Gasteiger charge is 2.27. The number of nitrogens with zero attached hydrogens (tertiary/aromatic N) is 6. The van der Waals surface area contributed by atoms with Gasteiger partial charge in [0, 0.05) is 56.2 Å². The number of urea groups is 1. The Morgan fingerprint density at radius 2 is 1.77 bits per heavy atom. The van der Waals surface area contributed by atoms with Gasteiger partial charge >= 0.3 is 6.03 Å². The molecule has 0 spiro atoms. The van der Waals surface area contributed by atoms with Crippen LogP contribution in [0.15, 0.2) is 36.8 Å². The standard InChI is InChI=1S/C22H25ClN6O/c23-21-4-3-19-20(26-21)11-17(12-24-19)18-13-25-29(15-18)14-16-5-9-28(10-6-16)22(30)27-7-1-2-8-27/h3-4,11-13,15-16H,1-2,5-10,14H2. The Morgan fingerprint density at radius 1 is 1.00 bits per heavy atom. The molecule has 2 saturated heterocycles. The molecule has 7 nitrogen and oxygen atoms in total. The van der Waals surface area contributed by atoms with Gasteiger partial charge in [0.1, 0.15) is 5.15 Å². The second-order valence-corrected chi connectivity index (χ2v) is 8.64. The Balaban J connectivity index is 1.21. The normalized spacial score (nSPS) is 17.8. The minimum Gasteiger partial charge on any atom is -0.325 e. The number of pyridine rings is 2. The van der Waals surface area contributed by atoms with Crippen molar-refractivity contribution < 1.29 is 4.79 Å². The summed E-state index contributed by atoms with van der Waals surface area (Å²) in [5.41, 5.74) is 3.61. The Bertz CT molecular complexity index is 1050. The van der Waals surface area contributed by atoms with Crippen LogP contribution in [-0.4, -0.2) is 61.8 Å². The van der Waals surface area contributed by atoms with E-state index in [2.05, 4.69) is 21.3 Å². The van der Waals surface area contributed by atoms with Crippen molar-refractivity contribution in [2.45, 2.75) is 32.2 Å². The fourth-order valence-corrected chi connectivity index (χ4v) is 4.59. The summed E-state index contributed by atoms with van der Waals surface area (Å²) in [6, 6.07) is 5.85. The van der Waals surface area contributed by atoms with E-state index in [-0.39, 0.29) is 6.03 Å². The van der Waals surface area contributed by atoms with Gasteiger partial charge < -0.3 is 9.80 Å². The van der Waals surface area contributed by atoms with Crippen LogP contribution in [0.2, 0.25) is 5.15 Å². The summed E-state index contributed by atoms with van der Waals surface area (Å²) in [5, 5.41) is 5.02. The second-order valence-electron chi connectivity index (χ2n) is 8.25. The summed E-state index contributed by atoms with van der Waals surface area (Å²) in [4.78, 5) is 25.4. The molecule has 156 valence electrons. The van der Waals surface area contributed by atoms with E-state index in [9.17, 15) is 4.79 Å². The van der Waals surface area contributed by atoms with Crippen LogP contribution < -0.4 is 0 Å². The molecule has 0 N–H and O–H groups in total. The van der Waals surface area contributed by atoms with Gasteiger partial charge in [-0.15, -0.1) is 0 Å². The zero-order valence-electron chi connectivity index (χ0n) is 16.9. The van der Waals surface area contributed by atoms with Gasteiger partial charge in [0.25, 0.3) is 0 Å². The van der Waals surface area contributed by atoms with Gasteiger partial charge in [-0.05, 0) is 49.8 Å². The lowest BCUT2D eigenvalue weighted by molar-refractivity contribution is 0.136. The molecule has 8 heteroatoms. The van der Waals surface area contributed by atoms with Crippen molar-refractivity contribution in [3.05, 3.63) is 41.9 Å². The molecular weight excluding hydrogens is 400 g/mol. The number of hydrogen-bond donors (Lipinski definition) is 0. The van der Waals surface area contributed by atoms with E-state index in [1.807, 2.05) is 39.0 Å². The van der Waals surface area contributed by atoms with Gasteiger partial charge in [0.2, 0.25) is 0 Å². The van der Waals surface area contributed by atoms with Crippen molar-refractivity contribution in [1.82, 2.24) is 29.5 Å². The van der Waals surface area contributed by atoms with Crippen LogP contribution >= 0.6 is 11.6 Å². The molecule has 2 amide bonds. The number of hydrogen-bond acceptors (Lipinski definition) is 4. The fraction of sp³-hybridized carbons (Fsp3) is 0.455. The number of halogens is 1. The van der Waals surface area contributed by atoms with Gasteiger partial charge in [0.15, 0.2) is 0 Å². The van der Waals surface area contributed by atoms with Crippen LogP contribution in [-0.2, 0) is 6.54 Å². The van der Waals surface area contributed by atoms with E-state index >= 15 is 0 Å². The van der Waals surface area contributed by atoms with Crippen molar-refractivity contribution >= 4 is 28.7 Å². The van der Waals surface area contributed by atoms with Gasteiger partial charge in [-0.2, -0.15) is 5.10 Å². The van der Waals surface area contributed by atoms with Crippen LogP contribution in [0.5, 0.6) is 0 Å². The van der Waals surface area contributed by atoms with Crippen LogP contribution in [0, 0.1) is 5.92 Å². The molecule has 0 bridgehead atoms. The maximum absolute atomic E-state index is 12.6. The number of amides is 2. The minimum atomic E-state index is 0.227. The number of aromatic nitrogens is 4. The van der Waals surface area contributed by atoms with Crippen LogP contribution in [0.4, 0.5) is 4.79 Å². The quantitative estimate of drug-likeness (QED) is 0.594. The summed E-state index contributed by atoms with van der Waals surface area (Å²) >= 11 is 6.01. The third kappa shape index (κ3) is 3.99. The Labute approximate surface area is 180 Å². The monoisotopic (exact) mass is 424 g/mol. The fourth-order valence-electron chi connectivity index (χ4n) is 4.43. The smallest absolute Gasteiger partial charge is 0.319 e. The highest BCUT2D eigenvalue weighted by Crippen LogP contribution is 2.25. The molecule has 0 aliphatic carbocycles. The molecule has 0 radical (unpaired) electrons. The Morgan fingerprint density at radius 3 is 2.57 bits per heavy atom. The van der Waals surface area contributed by atoms with Crippen LogP contribution in [0.3, 0.4) is 0 Å². The maximum atomic E-state index is 12.6. The summed E-state index contributed by atoms with van der Waals surface area (Å²) in [6.45, 7) is 4.39. The number of carbonyl (C=O) groups excluding carboxylic acids is 1. The van der Waals surface area contributed by atoms with E-state index in [4.69, 9.17) is 11.6 Å². The van der Waals surface area contributed by atoms with Crippen LogP contribution in [0.1, 0.15) is 25.7 Å². The molecule has 30 heavy (non-hydrogen) atoms. The summed E-state index contributed by atoms with van der Waals surface area (Å²) in [6.07, 6.45) is 10.1. The van der Waals surface area contributed by atoms with E-state index in [0.717, 1.165) is 80.6 Å². The molecule has 0 saturated carbocycles. The SMILES string of the molecule is O=C(N1CCCC1)N1CCC(Cn2cc(-c3cnc4ccc(Cl)nc4c3)cn2)CC1. The summed E-state index contributed by atoms with van der Waals surface area (Å²) in [5.74, 6) is 0.538. The zero-order chi connectivity index (χ0) is 20.5. The molecule has 3 aromatic rings. The lowest BCUT2D eigenvalue weighted by atomic mass is 9.97. The predicted octanol–water partition coefficient (Wildman–Crippen LogP) is 4.07. The van der Waals surface area contributed by atoms with Crippen molar-refractivity contribution in [1.29, 1.82) is 0 Å². The molecule has 2 aliphatic heterocycles. The Hall–Kier alpha value is -2.67. The van der Waals surface area contributed by atoms with Crippen molar-refractivity contribution in [2.75, 3.05) is 26.2 Å². The average molecular weight is 425 g/mol. The van der Waals surface area contributed by atoms with Crippen LogP contribution in [0.25, 0.3) is 22.2 Å². The van der Waals surface area contributed by atoms with Crippen molar-refractivity contribution in [3.63, 3.8) is 0 Å². The first-order chi connectivity index (χ1) is 14.7. The summed E-state index contributed by atoms with van der Waals surface area (Å²) in [7, 11) is 0. The third-order valence-electron chi connectivity index (χ3n) is 6.18. The minimum absolute atomic E-state index is 0.227.